The highest BCUT2D eigenvalue weighted by atomic mass is 35.5. The molecule has 0 fully saturated rings. The number of nitrogens with two attached hydrogens (primary N) is 1. The number of aromatic nitrogens is 3. The number of thioether (sulfide) groups is 1. The van der Waals surface area contributed by atoms with Crippen molar-refractivity contribution in [1.82, 2.24) is 14.8 Å². The summed E-state index contributed by atoms with van der Waals surface area (Å²) in [5.74, 6) is 0.375. The van der Waals surface area contributed by atoms with Gasteiger partial charge in [0, 0.05) is 10.0 Å². The fourth-order valence-corrected chi connectivity index (χ4v) is 2.39. The zero-order valence-corrected chi connectivity index (χ0v) is 11.4. The van der Waals surface area contributed by atoms with Crippen LogP contribution in [0.15, 0.2) is 23.4 Å². The number of hydrogen-bond donors (Lipinski definition) is 1. The number of benzene rings is 1. The van der Waals surface area contributed by atoms with Gasteiger partial charge in [-0.25, -0.2) is 0 Å². The second kappa shape index (κ2) is 5.16. The topological polar surface area (TPSA) is 56.7 Å². The third-order valence-corrected chi connectivity index (χ3v) is 3.53. The highest BCUT2D eigenvalue weighted by Crippen LogP contribution is 2.24. The molecule has 0 spiro atoms. The fourth-order valence-electron chi connectivity index (χ4n) is 1.42. The highest BCUT2D eigenvalue weighted by molar-refractivity contribution is 7.98. The van der Waals surface area contributed by atoms with Crippen molar-refractivity contribution < 1.29 is 0 Å². The van der Waals surface area contributed by atoms with Crippen LogP contribution in [-0.4, -0.2) is 21.0 Å². The molecule has 0 aliphatic rings. The summed E-state index contributed by atoms with van der Waals surface area (Å²) in [5, 5.41) is 9.77. The van der Waals surface area contributed by atoms with Crippen molar-refractivity contribution in [3.63, 3.8) is 0 Å². The van der Waals surface area contributed by atoms with Gasteiger partial charge >= 0.3 is 0 Å². The van der Waals surface area contributed by atoms with Gasteiger partial charge < -0.3 is 5.73 Å². The van der Waals surface area contributed by atoms with Crippen molar-refractivity contribution >= 4 is 40.9 Å². The third-order valence-electron chi connectivity index (χ3n) is 2.27. The average molecular weight is 289 g/mol. The van der Waals surface area contributed by atoms with Crippen molar-refractivity contribution in [2.75, 3.05) is 12.0 Å². The molecule has 0 bridgehead atoms. The Kier molecular flexibility index (Phi) is 3.81. The normalized spacial score (nSPS) is 10.8. The summed E-state index contributed by atoms with van der Waals surface area (Å²) in [6.45, 7) is 0.533. The van der Waals surface area contributed by atoms with Gasteiger partial charge in [-0.3, -0.25) is 4.57 Å². The molecule has 0 saturated carbocycles. The first kappa shape index (κ1) is 12.5. The summed E-state index contributed by atoms with van der Waals surface area (Å²) in [7, 11) is 0. The third kappa shape index (κ3) is 2.68. The molecule has 1 heterocycles. The van der Waals surface area contributed by atoms with E-state index in [4.69, 9.17) is 28.9 Å². The molecule has 17 heavy (non-hydrogen) atoms. The van der Waals surface area contributed by atoms with E-state index in [-0.39, 0.29) is 0 Å². The first-order valence-corrected chi connectivity index (χ1v) is 6.76. The smallest absolute Gasteiger partial charge is 0.223 e. The monoisotopic (exact) mass is 288 g/mol. The van der Waals surface area contributed by atoms with E-state index in [1.807, 2.05) is 12.3 Å². The van der Waals surface area contributed by atoms with Gasteiger partial charge in [0.05, 0.1) is 6.54 Å². The molecule has 2 aromatic rings. The lowest BCUT2D eigenvalue weighted by Gasteiger charge is -2.08. The molecular formula is C10H10Cl2N4S. The van der Waals surface area contributed by atoms with Crippen LogP contribution >= 0.6 is 35.0 Å². The zero-order valence-electron chi connectivity index (χ0n) is 9.02. The summed E-state index contributed by atoms with van der Waals surface area (Å²) in [4.78, 5) is 0. The van der Waals surface area contributed by atoms with E-state index in [1.54, 1.807) is 16.7 Å². The number of anilines is 1. The van der Waals surface area contributed by atoms with E-state index in [0.717, 1.165) is 10.7 Å². The summed E-state index contributed by atoms with van der Waals surface area (Å²) in [6, 6.07) is 5.37. The minimum Gasteiger partial charge on any atom is -0.368 e. The largest absolute Gasteiger partial charge is 0.368 e. The van der Waals surface area contributed by atoms with Gasteiger partial charge in [0.15, 0.2) is 5.16 Å². The van der Waals surface area contributed by atoms with Crippen LogP contribution in [0.2, 0.25) is 10.0 Å². The fraction of sp³-hybridized carbons (Fsp3) is 0.200. The molecule has 4 nitrogen and oxygen atoms in total. The Morgan fingerprint density at radius 3 is 2.76 bits per heavy atom. The second-order valence-corrected chi connectivity index (χ2v) is 4.98. The van der Waals surface area contributed by atoms with Crippen LogP contribution in [0.5, 0.6) is 0 Å². The maximum Gasteiger partial charge on any atom is 0.223 e. The Morgan fingerprint density at radius 2 is 2.12 bits per heavy atom. The Balaban J connectivity index is 2.34. The van der Waals surface area contributed by atoms with E-state index in [0.29, 0.717) is 22.5 Å². The first-order valence-electron chi connectivity index (χ1n) is 4.78. The van der Waals surface area contributed by atoms with Crippen LogP contribution in [0.1, 0.15) is 5.56 Å². The number of hydrogen-bond acceptors (Lipinski definition) is 4. The van der Waals surface area contributed by atoms with Gasteiger partial charge in [-0.05, 0) is 24.0 Å². The number of rotatable bonds is 3. The highest BCUT2D eigenvalue weighted by Gasteiger charge is 2.10. The quantitative estimate of drug-likeness (QED) is 0.883. The van der Waals surface area contributed by atoms with Crippen molar-refractivity contribution in [1.29, 1.82) is 0 Å². The first-order chi connectivity index (χ1) is 8.11. The Morgan fingerprint density at radius 1 is 1.35 bits per heavy atom. The minimum absolute atomic E-state index is 0.375. The van der Waals surface area contributed by atoms with Crippen LogP contribution in [0.25, 0.3) is 0 Å². The van der Waals surface area contributed by atoms with E-state index in [9.17, 15) is 0 Å². The lowest BCUT2D eigenvalue weighted by Crippen LogP contribution is -2.06. The standard InChI is InChI=1S/C10H10Cl2N4S/c1-17-10-15-14-9(13)16(10)5-6-2-3-7(11)4-8(6)12/h2-4H,5H2,1H3,(H2,13,14). The summed E-state index contributed by atoms with van der Waals surface area (Å²) in [6.07, 6.45) is 1.92. The molecule has 0 radical (unpaired) electrons. The van der Waals surface area contributed by atoms with E-state index >= 15 is 0 Å². The predicted octanol–water partition coefficient (Wildman–Crippen LogP) is 2.94. The van der Waals surface area contributed by atoms with Crippen LogP contribution in [-0.2, 0) is 6.54 Å². The van der Waals surface area contributed by atoms with Crippen molar-refractivity contribution in [2.45, 2.75) is 11.7 Å². The SMILES string of the molecule is CSc1nnc(N)n1Cc1ccc(Cl)cc1Cl. The lowest BCUT2D eigenvalue weighted by molar-refractivity contribution is 0.718. The molecule has 0 unspecified atom stereocenters. The molecular weight excluding hydrogens is 279 g/mol. The molecule has 0 atom stereocenters. The zero-order chi connectivity index (χ0) is 12.4. The summed E-state index contributed by atoms with van der Waals surface area (Å²) < 4.78 is 1.81. The maximum absolute atomic E-state index is 6.11. The van der Waals surface area contributed by atoms with Crippen LogP contribution in [0.3, 0.4) is 0 Å². The molecule has 90 valence electrons. The Hall–Kier alpha value is -0.910. The van der Waals surface area contributed by atoms with Crippen molar-refractivity contribution in [3.8, 4) is 0 Å². The molecule has 0 aliphatic heterocycles. The second-order valence-electron chi connectivity index (χ2n) is 3.37. The number of halogens is 2. The lowest BCUT2D eigenvalue weighted by atomic mass is 10.2. The van der Waals surface area contributed by atoms with Crippen LogP contribution in [0, 0.1) is 0 Å². The average Bonchev–Trinajstić information content (AvgIpc) is 2.64. The van der Waals surface area contributed by atoms with Gasteiger partial charge in [0.1, 0.15) is 0 Å². The number of nitrogens with zero attached hydrogens (tertiary/aromatic N) is 3. The van der Waals surface area contributed by atoms with Crippen molar-refractivity contribution in [2.24, 2.45) is 0 Å². The molecule has 0 amide bonds. The molecule has 7 heteroatoms. The van der Waals surface area contributed by atoms with E-state index < -0.39 is 0 Å². The van der Waals surface area contributed by atoms with Gasteiger partial charge in [-0.2, -0.15) is 0 Å². The molecule has 2 rings (SSSR count). The predicted molar refractivity (Wildman–Crippen MR) is 71.8 cm³/mol. The molecule has 0 aliphatic carbocycles. The van der Waals surface area contributed by atoms with E-state index in [1.165, 1.54) is 11.8 Å². The number of nitrogen functional groups attached to an aromatic ring is 1. The summed E-state index contributed by atoms with van der Waals surface area (Å²) >= 11 is 13.4. The van der Waals surface area contributed by atoms with Gasteiger partial charge in [0.2, 0.25) is 5.95 Å². The molecule has 2 N–H and O–H groups in total. The minimum atomic E-state index is 0.375. The Bertz CT molecular complexity index is 541. The van der Waals surface area contributed by atoms with Gasteiger partial charge in [0.25, 0.3) is 0 Å². The van der Waals surface area contributed by atoms with Crippen LogP contribution in [0.4, 0.5) is 5.95 Å². The van der Waals surface area contributed by atoms with Crippen molar-refractivity contribution in [3.05, 3.63) is 33.8 Å². The molecule has 1 aromatic carbocycles. The van der Waals surface area contributed by atoms with Gasteiger partial charge in [-0.1, -0.05) is 41.0 Å². The van der Waals surface area contributed by atoms with Crippen LogP contribution < -0.4 is 5.73 Å². The van der Waals surface area contributed by atoms with Gasteiger partial charge in [-0.15, -0.1) is 10.2 Å². The summed E-state index contributed by atoms with van der Waals surface area (Å²) in [5.41, 5.74) is 6.68. The molecule has 0 saturated heterocycles. The Labute approximate surface area is 113 Å². The van der Waals surface area contributed by atoms with E-state index in [2.05, 4.69) is 10.2 Å². The molecule has 1 aromatic heterocycles. The maximum atomic E-state index is 6.11.